The van der Waals surface area contributed by atoms with Gasteiger partial charge in [-0.05, 0) is 69.9 Å². The molecule has 0 aromatic heterocycles. The number of urea groups is 1. The Kier molecular flexibility index (Phi) is 8.00. The molecule has 28 heavy (non-hydrogen) atoms. The topological polar surface area (TPSA) is 55.9 Å². The number of nitrogens with zero attached hydrogens (tertiary/aromatic N) is 3. The van der Waals surface area contributed by atoms with Crippen molar-refractivity contribution < 1.29 is 9.59 Å². The molecule has 1 N–H and O–H groups in total. The van der Waals surface area contributed by atoms with Gasteiger partial charge in [0.1, 0.15) is 0 Å². The fraction of sp³-hybridized carbons (Fsp3) is 0.909. The minimum absolute atomic E-state index is 0.0362. The number of amides is 3. The predicted octanol–water partition coefficient (Wildman–Crippen LogP) is 2.93. The third-order valence-electron chi connectivity index (χ3n) is 6.64. The second-order valence-corrected chi connectivity index (χ2v) is 9.45. The van der Waals surface area contributed by atoms with Gasteiger partial charge >= 0.3 is 6.03 Å². The van der Waals surface area contributed by atoms with E-state index in [1.54, 1.807) is 0 Å². The van der Waals surface area contributed by atoms with Gasteiger partial charge in [0.15, 0.2) is 0 Å². The van der Waals surface area contributed by atoms with Crippen molar-refractivity contribution in [3.63, 3.8) is 0 Å². The molecule has 6 heteroatoms. The van der Waals surface area contributed by atoms with Crippen LogP contribution in [0.5, 0.6) is 0 Å². The van der Waals surface area contributed by atoms with Crippen molar-refractivity contribution in [1.29, 1.82) is 0 Å². The second-order valence-electron chi connectivity index (χ2n) is 9.45. The fourth-order valence-corrected chi connectivity index (χ4v) is 5.00. The van der Waals surface area contributed by atoms with E-state index < -0.39 is 0 Å². The van der Waals surface area contributed by atoms with Gasteiger partial charge in [-0.1, -0.05) is 13.8 Å². The third-order valence-corrected chi connectivity index (χ3v) is 6.64. The second kappa shape index (κ2) is 10.5. The molecule has 3 heterocycles. The molecular formula is C22H40N4O2. The first-order valence-corrected chi connectivity index (χ1v) is 11.6. The molecule has 3 aliphatic rings. The lowest BCUT2D eigenvalue weighted by atomic mass is 9.94. The summed E-state index contributed by atoms with van der Waals surface area (Å²) in [6.45, 7) is 10.8. The van der Waals surface area contributed by atoms with Gasteiger partial charge in [0.25, 0.3) is 0 Å². The third kappa shape index (κ3) is 6.10. The monoisotopic (exact) mass is 392 g/mol. The lowest BCUT2D eigenvalue weighted by molar-refractivity contribution is -0.132. The Morgan fingerprint density at radius 1 is 0.893 bits per heavy atom. The Morgan fingerprint density at radius 2 is 1.61 bits per heavy atom. The number of likely N-dealkylation sites (tertiary alicyclic amines) is 3. The van der Waals surface area contributed by atoms with Gasteiger partial charge in [-0.2, -0.15) is 0 Å². The quantitative estimate of drug-likeness (QED) is 0.783. The molecule has 2 atom stereocenters. The molecule has 0 spiro atoms. The number of carbonyl (C=O) groups excluding carboxylic acids is 2. The lowest BCUT2D eigenvalue weighted by Gasteiger charge is -2.33. The maximum atomic E-state index is 12.9. The van der Waals surface area contributed by atoms with Crippen molar-refractivity contribution in [2.45, 2.75) is 71.3 Å². The predicted molar refractivity (Wildman–Crippen MR) is 112 cm³/mol. The zero-order valence-electron chi connectivity index (χ0n) is 18.0. The highest BCUT2D eigenvalue weighted by Gasteiger charge is 2.29. The summed E-state index contributed by atoms with van der Waals surface area (Å²) in [5, 5.41) is 3.02. The van der Waals surface area contributed by atoms with Crippen molar-refractivity contribution in [2.24, 2.45) is 11.8 Å². The highest BCUT2D eigenvalue weighted by Crippen LogP contribution is 2.24. The summed E-state index contributed by atoms with van der Waals surface area (Å²) >= 11 is 0. The molecule has 0 radical (unpaired) electrons. The Bertz CT molecular complexity index is 519. The highest BCUT2D eigenvalue weighted by molar-refractivity contribution is 5.77. The first-order chi connectivity index (χ1) is 13.5. The standard InChI is InChI=1S/C22H40N4O2/c1-18(2)16-23-22(28)26-13-5-7-19(17-26)15-21(27)25-12-6-8-20(9-14-25)24-10-3-4-11-24/h18-20H,3-17H2,1-2H3,(H,23,28). The van der Waals surface area contributed by atoms with Crippen LogP contribution in [0, 0.1) is 11.8 Å². The molecule has 160 valence electrons. The molecule has 0 aromatic carbocycles. The van der Waals surface area contributed by atoms with Crippen LogP contribution in [0.25, 0.3) is 0 Å². The molecule has 3 fully saturated rings. The Hall–Kier alpha value is -1.30. The summed E-state index contributed by atoms with van der Waals surface area (Å²) in [6, 6.07) is 0.712. The minimum Gasteiger partial charge on any atom is -0.343 e. The smallest absolute Gasteiger partial charge is 0.317 e. The maximum Gasteiger partial charge on any atom is 0.317 e. The molecular weight excluding hydrogens is 352 g/mol. The van der Waals surface area contributed by atoms with Crippen LogP contribution in [0.1, 0.15) is 65.2 Å². The number of hydrogen-bond acceptors (Lipinski definition) is 3. The summed E-state index contributed by atoms with van der Waals surface area (Å²) in [5.74, 6) is 1.07. The minimum atomic E-state index is 0.0362. The Labute approximate surface area is 171 Å². The summed E-state index contributed by atoms with van der Waals surface area (Å²) in [6.07, 6.45) is 8.82. The number of carbonyl (C=O) groups is 2. The van der Waals surface area contributed by atoms with Crippen LogP contribution < -0.4 is 5.32 Å². The van der Waals surface area contributed by atoms with Gasteiger partial charge in [-0.3, -0.25) is 4.79 Å². The number of piperidine rings is 1. The molecule has 0 saturated carbocycles. The van der Waals surface area contributed by atoms with Crippen LogP contribution in [0.4, 0.5) is 4.79 Å². The SMILES string of the molecule is CC(C)CNC(=O)N1CCCC(CC(=O)N2CCCC(N3CCCC3)CC2)C1. The summed E-state index contributed by atoms with van der Waals surface area (Å²) in [4.78, 5) is 31.9. The maximum absolute atomic E-state index is 12.9. The van der Waals surface area contributed by atoms with Crippen molar-refractivity contribution in [3.8, 4) is 0 Å². The molecule has 2 unspecified atom stereocenters. The molecule has 3 aliphatic heterocycles. The van der Waals surface area contributed by atoms with Crippen molar-refractivity contribution >= 4 is 11.9 Å². The van der Waals surface area contributed by atoms with E-state index in [-0.39, 0.29) is 6.03 Å². The summed E-state index contributed by atoms with van der Waals surface area (Å²) < 4.78 is 0. The lowest BCUT2D eigenvalue weighted by Crippen LogP contribution is -2.47. The van der Waals surface area contributed by atoms with Crippen molar-refractivity contribution in [3.05, 3.63) is 0 Å². The highest BCUT2D eigenvalue weighted by atomic mass is 16.2. The van der Waals surface area contributed by atoms with Crippen LogP contribution in [0.15, 0.2) is 0 Å². The molecule has 6 nitrogen and oxygen atoms in total. The van der Waals surface area contributed by atoms with E-state index in [1.807, 2.05) is 4.90 Å². The van der Waals surface area contributed by atoms with Gasteiger partial charge in [0.2, 0.25) is 5.91 Å². The van der Waals surface area contributed by atoms with Gasteiger partial charge < -0.3 is 20.0 Å². The van der Waals surface area contributed by atoms with E-state index in [0.29, 0.717) is 36.8 Å². The zero-order chi connectivity index (χ0) is 19.9. The van der Waals surface area contributed by atoms with Gasteiger partial charge in [0.05, 0.1) is 0 Å². The van der Waals surface area contributed by atoms with E-state index in [9.17, 15) is 9.59 Å². The first-order valence-electron chi connectivity index (χ1n) is 11.6. The molecule has 0 aliphatic carbocycles. The van der Waals surface area contributed by atoms with Gasteiger partial charge in [-0.15, -0.1) is 0 Å². The largest absolute Gasteiger partial charge is 0.343 e. The number of hydrogen-bond donors (Lipinski definition) is 1. The zero-order valence-corrected chi connectivity index (χ0v) is 18.0. The van der Waals surface area contributed by atoms with Crippen LogP contribution >= 0.6 is 0 Å². The number of nitrogens with one attached hydrogen (secondary N) is 1. The van der Waals surface area contributed by atoms with Crippen LogP contribution in [0.2, 0.25) is 0 Å². The molecule has 0 aromatic rings. The van der Waals surface area contributed by atoms with E-state index >= 15 is 0 Å². The average molecular weight is 393 g/mol. The molecule has 3 saturated heterocycles. The van der Waals surface area contributed by atoms with E-state index in [4.69, 9.17) is 0 Å². The summed E-state index contributed by atoms with van der Waals surface area (Å²) in [7, 11) is 0. The van der Waals surface area contributed by atoms with Crippen LogP contribution in [-0.2, 0) is 4.79 Å². The van der Waals surface area contributed by atoms with Gasteiger partial charge in [0, 0.05) is 45.2 Å². The van der Waals surface area contributed by atoms with E-state index in [1.165, 1.54) is 32.4 Å². The van der Waals surface area contributed by atoms with Crippen molar-refractivity contribution in [2.75, 3.05) is 45.8 Å². The van der Waals surface area contributed by atoms with E-state index in [2.05, 4.69) is 29.0 Å². The Balaban J connectivity index is 1.44. The average Bonchev–Trinajstić information content (AvgIpc) is 3.10. The van der Waals surface area contributed by atoms with E-state index in [0.717, 1.165) is 51.9 Å². The van der Waals surface area contributed by atoms with Crippen LogP contribution in [-0.4, -0.2) is 78.5 Å². The van der Waals surface area contributed by atoms with Gasteiger partial charge in [-0.25, -0.2) is 4.79 Å². The summed E-state index contributed by atoms with van der Waals surface area (Å²) in [5.41, 5.74) is 0. The Morgan fingerprint density at radius 3 is 2.36 bits per heavy atom. The molecule has 3 amide bonds. The number of rotatable bonds is 5. The molecule has 3 rings (SSSR count). The van der Waals surface area contributed by atoms with Crippen molar-refractivity contribution in [1.82, 2.24) is 20.0 Å². The fourth-order valence-electron chi connectivity index (χ4n) is 5.00. The first kappa shape index (κ1) is 21.4. The normalized spacial score (nSPS) is 27.1. The van der Waals surface area contributed by atoms with Crippen LogP contribution in [0.3, 0.4) is 0 Å². The molecule has 0 bridgehead atoms.